The van der Waals surface area contributed by atoms with Crippen LogP contribution in [0.25, 0.3) is 0 Å². The molecule has 0 fully saturated rings. The van der Waals surface area contributed by atoms with Gasteiger partial charge < -0.3 is 34.0 Å². The van der Waals surface area contributed by atoms with Crippen molar-refractivity contribution < 1.29 is 42.7 Å². The monoisotopic (exact) mass is 296 g/mol. The van der Waals surface area contributed by atoms with Gasteiger partial charge in [0, 0.05) is 0 Å². The van der Waals surface area contributed by atoms with Gasteiger partial charge in [-0.15, -0.1) is 0 Å². The quantitative estimate of drug-likeness (QED) is 0.424. The summed E-state index contributed by atoms with van der Waals surface area (Å²) < 4.78 is 23.9. The Kier molecular flexibility index (Phi) is 14.4. The van der Waals surface area contributed by atoms with Crippen molar-refractivity contribution in [2.24, 2.45) is 0 Å². The molecule has 11 heavy (non-hydrogen) atoms. The predicted molar refractivity (Wildman–Crippen MR) is 32.1 cm³/mol. The summed E-state index contributed by atoms with van der Waals surface area (Å²) in [5.74, 6) is -1.60. The summed E-state index contributed by atoms with van der Waals surface area (Å²) in [6.45, 7) is 0. The van der Waals surface area contributed by atoms with Crippen LogP contribution < -0.4 is 34.0 Å². The minimum absolute atomic E-state index is 0. The maximum absolute atomic E-state index is 11.9. The zero-order valence-electron chi connectivity index (χ0n) is 5.53. The smallest absolute Gasteiger partial charge is 1.00 e. The Hall–Kier alpha value is 0.806. The van der Waals surface area contributed by atoms with Crippen molar-refractivity contribution in [2.75, 3.05) is 0 Å². The molecule has 0 bridgehead atoms. The van der Waals surface area contributed by atoms with Gasteiger partial charge in [-0.3, -0.25) is 0 Å². The van der Waals surface area contributed by atoms with Gasteiger partial charge in [0.1, 0.15) is 0 Å². The second kappa shape index (κ2) is 8.90. The van der Waals surface area contributed by atoms with E-state index in [2.05, 4.69) is 0 Å². The van der Waals surface area contributed by atoms with Crippen molar-refractivity contribution in [3.05, 3.63) is 35.9 Å². The van der Waals surface area contributed by atoms with E-state index in [9.17, 15) is 8.78 Å². The number of rotatable bonds is 0. The third kappa shape index (κ3) is 6.01. The molecule has 1 rings (SSSR count). The van der Waals surface area contributed by atoms with E-state index in [0.29, 0.717) is 0 Å². The molecule has 1 aromatic rings. The molecule has 58 valence electrons. The molecule has 0 aliphatic rings. The molecule has 0 atom stereocenters. The third-order valence-corrected chi connectivity index (χ3v) is 0.824. The summed E-state index contributed by atoms with van der Waals surface area (Å²) in [4.78, 5) is 0. The first-order chi connectivity index (χ1) is 3.80. The van der Waals surface area contributed by atoms with Crippen LogP contribution in [0.4, 0.5) is 8.78 Å². The molecule has 0 spiro atoms. The van der Waals surface area contributed by atoms with Crippen LogP contribution in [-0.2, 0) is 0 Å². The number of benzene rings is 1. The molecule has 0 amide bonds. The Morgan fingerprint density at radius 1 is 0.818 bits per heavy atom. The standard InChI is InChI=1S/C6H4F2.2BrH.Mg/c7-5-3-1-2-4-6(5)8;;;/h1-4H;2*1H;/q;;;+2/p-2. The van der Waals surface area contributed by atoms with E-state index in [-0.39, 0.29) is 57.0 Å². The average Bonchev–Trinajstić information content (AvgIpc) is 1.77. The van der Waals surface area contributed by atoms with Crippen LogP contribution in [0.15, 0.2) is 24.3 Å². The Morgan fingerprint density at radius 2 is 1.09 bits per heavy atom. The summed E-state index contributed by atoms with van der Waals surface area (Å²) in [5, 5.41) is 0. The van der Waals surface area contributed by atoms with Crippen molar-refractivity contribution in [2.45, 2.75) is 0 Å². The third-order valence-electron chi connectivity index (χ3n) is 0.824. The minimum Gasteiger partial charge on any atom is -1.00 e. The molecule has 0 heterocycles. The molecule has 5 heteroatoms. The summed E-state index contributed by atoms with van der Waals surface area (Å²) in [5.41, 5.74) is 0. The maximum atomic E-state index is 11.9. The van der Waals surface area contributed by atoms with Gasteiger partial charge in [-0.1, -0.05) is 12.1 Å². The average molecular weight is 298 g/mol. The molecule has 0 aliphatic carbocycles. The van der Waals surface area contributed by atoms with Crippen LogP contribution in [-0.4, -0.2) is 23.1 Å². The summed E-state index contributed by atoms with van der Waals surface area (Å²) in [6, 6.07) is 5.04. The molecule has 0 N–H and O–H groups in total. The van der Waals surface area contributed by atoms with Crippen LogP contribution >= 0.6 is 0 Å². The first-order valence-electron chi connectivity index (χ1n) is 2.21. The zero-order chi connectivity index (χ0) is 5.98. The van der Waals surface area contributed by atoms with E-state index in [1.165, 1.54) is 12.1 Å². The Bertz CT molecular complexity index is 175. The Balaban J connectivity index is -0.000000213. The molecular weight excluding hydrogens is 294 g/mol. The normalized spacial score (nSPS) is 6.73. The molecule has 0 radical (unpaired) electrons. The Morgan fingerprint density at radius 3 is 1.27 bits per heavy atom. The van der Waals surface area contributed by atoms with Crippen LogP contribution in [0, 0.1) is 11.6 Å². The van der Waals surface area contributed by atoms with E-state index in [1.807, 2.05) is 0 Å². The molecule has 0 nitrogen and oxygen atoms in total. The van der Waals surface area contributed by atoms with Gasteiger partial charge in [0.25, 0.3) is 0 Å². The van der Waals surface area contributed by atoms with Crippen LogP contribution in [0.2, 0.25) is 0 Å². The zero-order valence-corrected chi connectivity index (χ0v) is 10.1. The fraction of sp³-hybridized carbons (Fsp3) is 0. The fourth-order valence-corrected chi connectivity index (χ4v) is 0.439. The largest absolute Gasteiger partial charge is 2.00 e. The van der Waals surface area contributed by atoms with E-state index < -0.39 is 11.6 Å². The van der Waals surface area contributed by atoms with Crippen molar-refractivity contribution in [1.29, 1.82) is 0 Å². The van der Waals surface area contributed by atoms with E-state index in [0.717, 1.165) is 12.1 Å². The molecule has 0 aliphatic heterocycles. The maximum Gasteiger partial charge on any atom is 2.00 e. The van der Waals surface area contributed by atoms with Crippen LogP contribution in [0.5, 0.6) is 0 Å². The number of hydrogen-bond donors (Lipinski definition) is 0. The fourth-order valence-electron chi connectivity index (χ4n) is 0.439. The number of halogens is 4. The van der Waals surface area contributed by atoms with Gasteiger partial charge in [-0.05, 0) is 12.1 Å². The van der Waals surface area contributed by atoms with E-state index in [1.54, 1.807) is 0 Å². The molecule has 0 saturated heterocycles. The van der Waals surface area contributed by atoms with Crippen molar-refractivity contribution >= 4 is 23.1 Å². The molecule has 0 unspecified atom stereocenters. The van der Waals surface area contributed by atoms with Gasteiger partial charge >= 0.3 is 23.1 Å². The molecule has 1 aromatic carbocycles. The number of hydrogen-bond acceptors (Lipinski definition) is 0. The second-order valence-corrected chi connectivity index (χ2v) is 1.41. The van der Waals surface area contributed by atoms with Gasteiger partial charge in [-0.2, -0.15) is 0 Å². The van der Waals surface area contributed by atoms with Gasteiger partial charge in [-0.25, -0.2) is 8.78 Å². The van der Waals surface area contributed by atoms with Gasteiger partial charge in [0.15, 0.2) is 11.6 Å². The van der Waals surface area contributed by atoms with E-state index >= 15 is 0 Å². The predicted octanol–water partition coefficient (Wildman–Crippen LogP) is -4.41. The Labute approximate surface area is 101 Å². The van der Waals surface area contributed by atoms with Gasteiger partial charge in [0.2, 0.25) is 0 Å². The summed E-state index contributed by atoms with van der Waals surface area (Å²) in [6.07, 6.45) is 0. The topological polar surface area (TPSA) is 0 Å². The molecule has 0 aromatic heterocycles. The van der Waals surface area contributed by atoms with Gasteiger partial charge in [0.05, 0.1) is 0 Å². The van der Waals surface area contributed by atoms with Crippen LogP contribution in [0.3, 0.4) is 0 Å². The minimum atomic E-state index is -0.799. The van der Waals surface area contributed by atoms with E-state index in [4.69, 9.17) is 0 Å². The van der Waals surface area contributed by atoms with Crippen LogP contribution in [0.1, 0.15) is 0 Å². The van der Waals surface area contributed by atoms with Crippen molar-refractivity contribution in [1.82, 2.24) is 0 Å². The summed E-state index contributed by atoms with van der Waals surface area (Å²) in [7, 11) is 0. The van der Waals surface area contributed by atoms with Crippen molar-refractivity contribution in [3.8, 4) is 0 Å². The van der Waals surface area contributed by atoms with Crippen molar-refractivity contribution in [3.63, 3.8) is 0 Å². The molecule has 0 saturated carbocycles. The first-order valence-corrected chi connectivity index (χ1v) is 2.21. The second-order valence-electron chi connectivity index (χ2n) is 1.41. The summed E-state index contributed by atoms with van der Waals surface area (Å²) >= 11 is 0. The molecular formula is C6H4Br2F2Mg. The first kappa shape index (κ1) is 17.8. The SMILES string of the molecule is Fc1ccccc1F.[Br-].[Br-].[Mg+2].